The van der Waals surface area contributed by atoms with Crippen LogP contribution >= 0.6 is 24.0 Å². The first kappa shape index (κ1) is 23.4. The quantitative estimate of drug-likeness (QED) is 0.290. The highest BCUT2D eigenvalue weighted by Gasteiger charge is 2.34. The summed E-state index contributed by atoms with van der Waals surface area (Å²) in [6.45, 7) is 5.59. The van der Waals surface area contributed by atoms with E-state index < -0.39 is 0 Å². The monoisotopic (exact) mass is 502 g/mol. The van der Waals surface area contributed by atoms with E-state index in [0.29, 0.717) is 12.6 Å². The van der Waals surface area contributed by atoms with Gasteiger partial charge in [-0.25, -0.2) is 0 Å². The first-order valence-corrected chi connectivity index (χ1v) is 10.2. The Morgan fingerprint density at radius 3 is 2.61 bits per heavy atom. The summed E-state index contributed by atoms with van der Waals surface area (Å²) in [5.74, 6) is 0.819. The minimum atomic E-state index is 0. The van der Waals surface area contributed by atoms with E-state index in [-0.39, 0.29) is 36.0 Å². The molecular weight excluding hydrogens is 467 g/mol. The smallest absolute Gasteiger partial charge is 0.191 e. The summed E-state index contributed by atoms with van der Waals surface area (Å²) in [6.07, 6.45) is 4.30. The number of aliphatic hydroxyl groups excluding tert-OH is 1. The molecule has 158 valence electrons. The van der Waals surface area contributed by atoms with Crippen molar-refractivity contribution >= 4 is 29.9 Å². The Bertz CT molecular complexity index is 587. The Balaban J connectivity index is 0.00000280. The zero-order chi connectivity index (χ0) is 19.0. The molecule has 2 saturated heterocycles. The van der Waals surface area contributed by atoms with Gasteiger partial charge >= 0.3 is 0 Å². The van der Waals surface area contributed by atoms with Crippen molar-refractivity contribution in [1.82, 2.24) is 15.5 Å². The standard InChI is InChI=1S/C21H34N4O2.HI/c1-22-20(24-16-21(9-13-26)10-14-27-17-21)23-15-19(25-11-5-6-12-25)18-7-3-2-4-8-18;/h2-4,7-8,19,26H,5-6,9-17H2,1H3,(H2,22,23,24);1H. The zero-order valence-corrected chi connectivity index (χ0v) is 19.2. The molecule has 1 aromatic carbocycles. The SMILES string of the molecule is CN=C(NCC(c1ccccc1)N1CCCC1)NCC1(CCO)CCOC1.I. The molecule has 0 aromatic heterocycles. The van der Waals surface area contributed by atoms with Gasteiger partial charge in [0.25, 0.3) is 0 Å². The molecule has 6 nitrogen and oxygen atoms in total. The van der Waals surface area contributed by atoms with Crippen LogP contribution in [0.3, 0.4) is 0 Å². The minimum absolute atomic E-state index is 0. The molecule has 1 aromatic rings. The van der Waals surface area contributed by atoms with E-state index in [2.05, 4.69) is 50.9 Å². The van der Waals surface area contributed by atoms with Crippen LogP contribution in [0.1, 0.15) is 37.3 Å². The number of benzene rings is 1. The number of hydrogen-bond acceptors (Lipinski definition) is 4. The van der Waals surface area contributed by atoms with Crippen molar-refractivity contribution in [3.8, 4) is 0 Å². The van der Waals surface area contributed by atoms with E-state index in [4.69, 9.17) is 4.74 Å². The molecule has 7 heteroatoms. The lowest BCUT2D eigenvalue weighted by Gasteiger charge is -2.30. The second kappa shape index (κ2) is 11.9. The Morgan fingerprint density at radius 2 is 2.00 bits per heavy atom. The predicted molar refractivity (Wildman–Crippen MR) is 124 cm³/mol. The molecule has 2 aliphatic heterocycles. The number of aliphatic imine (C=N–C) groups is 1. The number of nitrogens with one attached hydrogen (secondary N) is 2. The molecule has 0 bridgehead atoms. The van der Waals surface area contributed by atoms with Crippen LogP contribution in [0.15, 0.2) is 35.3 Å². The van der Waals surface area contributed by atoms with E-state index in [0.717, 1.165) is 51.6 Å². The topological polar surface area (TPSA) is 69.1 Å². The predicted octanol–water partition coefficient (Wildman–Crippen LogP) is 2.40. The molecule has 2 heterocycles. The van der Waals surface area contributed by atoms with E-state index in [1.54, 1.807) is 0 Å². The number of aliphatic hydroxyl groups is 1. The third-order valence-electron chi connectivity index (χ3n) is 5.91. The van der Waals surface area contributed by atoms with Gasteiger partial charge in [-0.1, -0.05) is 30.3 Å². The number of hydrogen-bond donors (Lipinski definition) is 3. The molecule has 2 unspecified atom stereocenters. The Morgan fingerprint density at radius 1 is 1.25 bits per heavy atom. The summed E-state index contributed by atoms with van der Waals surface area (Å²) in [5.41, 5.74) is 1.36. The fourth-order valence-electron chi connectivity index (χ4n) is 4.18. The number of guanidine groups is 1. The molecule has 3 N–H and O–H groups in total. The summed E-state index contributed by atoms with van der Waals surface area (Å²) in [6, 6.07) is 11.1. The van der Waals surface area contributed by atoms with Gasteiger partial charge in [-0.3, -0.25) is 9.89 Å². The van der Waals surface area contributed by atoms with Crippen LogP contribution in [-0.2, 0) is 4.74 Å². The lowest BCUT2D eigenvalue weighted by atomic mass is 9.84. The largest absolute Gasteiger partial charge is 0.396 e. The molecule has 28 heavy (non-hydrogen) atoms. The van der Waals surface area contributed by atoms with E-state index in [1.807, 2.05) is 7.05 Å². The maximum Gasteiger partial charge on any atom is 0.191 e. The molecule has 0 amide bonds. The molecular formula is C21H35IN4O2. The fourth-order valence-corrected chi connectivity index (χ4v) is 4.18. The zero-order valence-electron chi connectivity index (χ0n) is 16.9. The molecule has 0 spiro atoms. The average Bonchev–Trinajstić information content (AvgIpc) is 3.38. The molecule has 2 aliphatic rings. The number of nitrogens with zero attached hydrogens (tertiary/aromatic N) is 2. The highest BCUT2D eigenvalue weighted by Crippen LogP contribution is 2.31. The van der Waals surface area contributed by atoms with Crippen molar-refractivity contribution in [3.05, 3.63) is 35.9 Å². The third kappa shape index (κ3) is 6.30. The van der Waals surface area contributed by atoms with E-state index >= 15 is 0 Å². The van der Waals surface area contributed by atoms with Crippen molar-refractivity contribution in [2.45, 2.75) is 31.7 Å². The van der Waals surface area contributed by atoms with Crippen molar-refractivity contribution in [2.75, 3.05) is 53.0 Å². The number of likely N-dealkylation sites (tertiary alicyclic amines) is 1. The normalized spacial score (nSPS) is 24.0. The van der Waals surface area contributed by atoms with Crippen LogP contribution in [0.25, 0.3) is 0 Å². The first-order chi connectivity index (χ1) is 13.3. The lowest BCUT2D eigenvalue weighted by Crippen LogP contribution is -2.46. The number of ether oxygens (including phenoxy) is 1. The molecule has 0 aliphatic carbocycles. The maximum atomic E-state index is 9.40. The van der Waals surface area contributed by atoms with Gasteiger partial charge in [0.05, 0.1) is 12.6 Å². The van der Waals surface area contributed by atoms with Gasteiger partial charge in [0.2, 0.25) is 0 Å². The Hall–Kier alpha value is -0.900. The van der Waals surface area contributed by atoms with Crippen LogP contribution in [0.4, 0.5) is 0 Å². The second-order valence-corrected chi connectivity index (χ2v) is 7.75. The van der Waals surface area contributed by atoms with Gasteiger partial charge in [-0.15, -0.1) is 24.0 Å². The molecule has 0 radical (unpaired) electrons. The fraction of sp³-hybridized carbons (Fsp3) is 0.667. The summed E-state index contributed by atoms with van der Waals surface area (Å²) in [7, 11) is 1.81. The van der Waals surface area contributed by atoms with Gasteiger partial charge in [-0.2, -0.15) is 0 Å². The lowest BCUT2D eigenvalue weighted by molar-refractivity contribution is 0.127. The summed E-state index contributed by atoms with van der Waals surface area (Å²) >= 11 is 0. The van der Waals surface area contributed by atoms with Gasteiger partial charge in [0.1, 0.15) is 0 Å². The van der Waals surface area contributed by atoms with Gasteiger partial charge < -0.3 is 20.5 Å². The van der Waals surface area contributed by atoms with Crippen molar-refractivity contribution in [3.63, 3.8) is 0 Å². The van der Waals surface area contributed by atoms with Crippen LogP contribution in [0.2, 0.25) is 0 Å². The number of halogens is 1. The third-order valence-corrected chi connectivity index (χ3v) is 5.91. The van der Waals surface area contributed by atoms with Crippen LogP contribution in [0, 0.1) is 5.41 Å². The first-order valence-electron chi connectivity index (χ1n) is 10.2. The maximum absolute atomic E-state index is 9.40. The van der Waals surface area contributed by atoms with Crippen LogP contribution in [-0.4, -0.2) is 69.0 Å². The summed E-state index contributed by atoms with van der Waals surface area (Å²) in [4.78, 5) is 6.97. The summed E-state index contributed by atoms with van der Waals surface area (Å²) in [5, 5.41) is 16.4. The van der Waals surface area contributed by atoms with E-state index in [9.17, 15) is 5.11 Å². The van der Waals surface area contributed by atoms with Gasteiger partial charge in [0.15, 0.2) is 5.96 Å². The van der Waals surface area contributed by atoms with Gasteiger partial charge in [0, 0.05) is 38.8 Å². The molecule has 3 rings (SSSR count). The van der Waals surface area contributed by atoms with E-state index in [1.165, 1.54) is 18.4 Å². The van der Waals surface area contributed by atoms with Crippen molar-refractivity contribution in [1.29, 1.82) is 0 Å². The Labute approximate surface area is 186 Å². The average molecular weight is 502 g/mol. The number of rotatable bonds is 8. The molecule has 2 atom stereocenters. The van der Waals surface area contributed by atoms with Gasteiger partial charge in [-0.05, 0) is 44.3 Å². The van der Waals surface area contributed by atoms with Crippen LogP contribution < -0.4 is 10.6 Å². The van der Waals surface area contributed by atoms with Crippen molar-refractivity contribution in [2.24, 2.45) is 10.4 Å². The second-order valence-electron chi connectivity index (χ2n) is 7.75. The molecule has 2 fully saturated rings. The van der Waals surface area contributed by atoms with Crippen molar-refractivity contribution < 1.29 is 9.84 Å². The molecule has 0 saturated carbocycles. The summed E-state index contributed by atoms with van der Waals surface area (Å²) < 4.78 is 5.58. The highest BCUT2D eigenvalue weighted by molar-refractivity contribution is 14.0. The minimum Gasteiger partial charge on any atom is -0.396 e. The highest BCUT2D eigenvalue weighted by atomic mass is 127. The Kier molecular flexibility index (Phi) is 9.98. The van der Waals surface area contributed by atoms with Crippen LogP contribution in [0.5, 0.6) is 0 Å².